The van der Waals surface area contributed by atoms with E-state index < -0.39 is 0 Å². The Morgan fingerprint density at radius 2 is 2.07 bits per heavy atom. The minimum Gasteiger partial charge on any atom is -0.462 e. The molecule has 1 aromatic rings. The number of anilines is 1. The number of rotatable bonds is 3. The predicted octanol–water partition coefficient (Wildman–Crippen LogP) is 4.78. The molecule has 5 atom stereocenters. The van der Waals surface area contributed by atoms with Crippen LogP contribution in [0.25, 0.3) is 0 Å². The highest BCUT2D eigenvalue weighted by atomic mass is 35.5. The largest absolute Gasteiger partial charge is 0.462 e. The van der Waals surface area contributed by atoms with Gasteiger partial charge in [-0.25, -0.2) is 0 Å². The van der Waals surface area contributed by atoms with Crippen molar-refractivity contribution < 1.29 is 9.53 Å². The average Bonchev–Trinajstić information content (AvgIpc) is 3.01. The van der Waals surface area contributed by atoms with Crippen molar-refractivity contribution in [1.82, 2.24) is 4.90 Å². The molecule has 0 amide bonds. The molecule has 2 saturated heterocycles. The van der Waals surface area contributed by atoms with Gasteiger partial charge in [0.25, 0.3) is 0 Å². The van der Waals surface area contributed by atoms with Crippen LogP contribution in [0.4, 0.5) is 5.69 Å². The fraction of sp³-hybridized carbons (Fsp3) is 0.640. The Labute approximate surface area is 185 Å². The Balaban J connectivity index is 1.23. The van der Waals surface area contributed by atoms with E-state index in [4.69, 9.17) is 16.3 Å². The Morgan fingerprint density at radius 1 is 1.27 bits per heavy atom. The highest BCUT2D eigenvalue weighted by Crippen LogP contribution is 2.56. The summed E-state index contributed by atoms with van der Waals surface area (Å²) >= 11 is 6.16. The van der Waals surface area contributed by atoms with Gasteiger partial charge in [0, 0.05) is 49.4 Å². The summed E-state index contributed by atoms with van der Waals surface area (Å²) in [6.45, 7) is 11.5. The molecule has 0 aromatic heterocycles. The fourth-order valence-corrected chi connectivity index (χ4v) is 6.79. The molecule has 30 heavy (non-hydrogen) atoms. The third kappa shape index (κ3) is 3.67. The van der Waals surface area contributed by atoms with E-state index in [-0.39, 0.29) is 23.4 Å². The summed E-state index contributed by atoms with van der Waals surface area (Å²) in [5.74, 6) is 0.975. The summed E-state index contributed by atoms with van der Waals surface area (Å²) < 4.78 is 5.95. The SMILES string of the molecule is C=C1CCC[C@]2(C)C[C@H]3OC(=O)[C@@H](CN4CCN(c5cccc(Cl)c5)CC4)[C@@H]3C[C@H]12. The lowest BCUT2D eigenvalue weighted by molar-refractivity contribution is -0.146. The van der Waals surface area contributed by atoms with Gasteiger partial charge in [0.15, 0.2) is 0 Å². The third-order valence-electron chi connectivity index (χ3n) is 8.32. The molecular weight excluding hydrogens is 396 g/mol. The Morgan fingerprint density at radius 3 is 2.83 bits per heavy atom. The minimum atomic E-state index is 0.0204. The van der Waals surface area contributed by atoms with Crippen molar-refractivity contribution in [2.24, 2.45) is 23.2 Å². The van der Waals surface area contributed by atoms with Crippen molar-refractivity contribution in [3.05, 3.63) is 41.4 Å². The molecule has 2 aliphatic carbocycles. The lowest BCUT2D eigenvalue weighted by Crippen LogP contribution is -2.50. The number of fused-ring (bicyclic) bond motifs is 2. The Hall–Kier alpha value is -1.52. The van der Waals surface area contributed by atoms with Crippen LogP contribution >= 0.6 is 11.6 Å². The number of piperazine rings is 1. The average molecular weight is 429 g/mol. The summed E-state index contributed by atoms with van der Waals surface area (Å²) in [4.78, 5) is 17.7. The van der Waals surface area contributed by atoms with E-state index in [1.54, 1.807) is 0 Å². The lowest BCUT2D eigenvalue weighted by atomic mass is 9.55. The zero-order chi connectivity index (χ0) is 20.9. The predicted molar refractivity (Wildman–Crippen MR) is 121 cm³/mol. The van der Waals surface area contributed by atoms with Crippen LogP contribution in [0.3, 0.4) is 0 Å². The number of nitrogens with zero attached hydrogens (tertiary/aromatic N) is 2. The maximum absolute atomic E-state index is 12.8. The van der Waals surface area contributed by atoms with Gasteiger partial charge in [-0.3, -0.25) is 9.69 Å². The maximum Gasteiger partial charge on any atom is 0.310 e. The number of hydrogen-bond donors (Lipinski definition) is 0. The van der Waals surface area contributed by atoms with Crippen molar-refractivity contribution in [2.45, 2.75) is 45.1 Å². The molecule has 4 fully saturated rings. The van der Waals surface area contributed by atoms with E-state index in [2.05, 4.69) is 29.4 Å². The summed E-state index contributed by atoms with van der Waals surface area (Å²) in [7, 11) is 0. The van der Waals surface area contributed by atoms with Gasteiger partial charge in [0.1, 0.15) is 6.10 Å². The first-order valence-corrected chi connectivity index (χ1v) is 11.9. The van der Waals surface area contributed by atoms with Gasteiger partial charge in [-0.1, -0.05) is 36.7 Å². The van der Waals surface area contributed by atoms with Gasteiger partial charge in [-0.05, 0) is 61.6 Å². The number of carbonyl (C=O) groups is 1. The molecule has 0 unspecified atom stereocenters. The van der Waals surface area contributed by atoms with Crippen LogP contribution in [0.1, 0.15) is 39.0 Å². The third-order valence-corrected chi connectivity index (χ3v) is 8.56. The topological polar surface area (TPSA) is 32.8 Å². The van der Waals surface area contributed by atoms with E-state index >= 15 is 0 Å². The van der Waals surface area contributed by atoms with Crippen molar-refractivity contribution >= 4 is 23.3 Å². The molecule has 5 heteroatoms. The van der Waals surface area contributed by atoms with Crippen molar-refractivity contribution in [2.75, 3.05) is 37.6 Å². The van der Waals surface area contributed by atoms with Gasteiger partial charge in [-0.2, -0.15) is 0 Å². The highest BCUT2D eigenvalue weighted by Gasteiger charge is 2.55. The monoisotopic (exact) mass is 428 g/mol. The van der Waals surface area contributed by atoms with Crippen LogP contribution in [-0.4, -0.2) is 49.7 Å². The molecule has 0 N–H and O–H groups in total. The molecule has 1 aromatic carbocycles. The maximum atomic E-state index is 12.8. The van der Waals surface area contributed by atoms with Crippen LogP contribution < -0.4 is 4.90 Å². The van der Waals surface area contributed by atoms with Gasteiger partial charge >= 0.3 is 5.97 Å². The first kappa shape index (κ1) is 20.4. The number of benzene rings is 1. The van der Waals surface area contributed by atoms with Gasteiger partial charge in [0.05, 0.1) is 5.92 Å². The summed E-state index contributed by atoms with van der Waals surface area (Å²) in [6, 6.07) is 8.08. The van der Waals surface area contributed by atoms with E-state index in [0.717, 1.165) is 57.0 Å². The van der Waals surface area contributed by atoms with Crippen molar-refractivity contribution in [1.29, 1.82) is 0 Å². The summed E-state index contributed by atoms with van der Waals surface area (Å²) in [5.41, 5.74) is 2.87. The number of carbonyl (C=O) groups excluding carboxylic acids is 1. The molecule has 0 bridgehead atoms. The zero-order valence-electron chi connectivity index (χ0n) is 18.0. The highest BCUT2D eigenvalue weighted by molar-refractivity contribution is 6.30. The normalized spacial score (nSPS) is 36.9. The van der Waals surface area contributed by atoms with E-state index in [0.29, 0.717) is 11.8 Å². The summed E-state index contributed by atoms with van der Waals surface area (Å²) in [6.07, 6.45) is 5.85. The molecule has 4 aliphatic rings. The van der Waals surface area contributed by atoms with Crippen molar-refractivity contribution in [3.63, 3.8) is 0 Å². The summed E-state index contributed by atoms with van der Waals surface area (Å²) in [5, 5.41) is 0.781. The number of halogens is 1. The zero-order valence-corrected chi connectivity index (χ0v) is 18.7. The van der Waals surface area contributed by atoms with E-state index in [9.17, 15) is 4.79 Å². The van der Waals surface area contributed by atoms with Crippen LogP contribution in [0.5, 0.6) is 0 Å². The molecule has 0 spiro atoms. The number of ether oxygens (including phenoxy) is 1. The van der Waals surface area contributed by atoms with Crippen molar-refractivity contribution in [3.8, 4) is 0 Å². The van der Waals surface area contributed by atoms with Crippen LogP contribution in [-0.2, 0) is 9.53 Å². The Bertz CT molecular complexity index is 834. The van der Waals surface area contributed by atoms with Crippen LogP contribution in [0, 0.1) is 23.2 Å². The lowest BCUT2D eigenvalue weighted by Gasteiger charge is -2.50. The second-order valence-corrected chi connectivity index (χ2v) is 10.6. The molecule has 5 rings (SSSR count). The van der Waals surface area contributed by atoms with Gasteiger partial charge in [-0.15, -0.1) is 0 Å². The fourth-order valence-electron chi connectivity index (χ4n) is 6.60. The van der Waals surface area contributed by atoms with E-state index in [1.165, 1.54) is 24.1 Å². The number of allylic oxidation sites excluding steroid dienone is 1. The molecule has 4 nitrogen and oxygen atoms in total. The quantitative estimate of drug-likeness (QED) is 0.512. The van der Waals surface area contributed by atoms with Gasteiger partial charge in [0.2, 0.25) is 0 Å². The Kier molecular flexibility index (Phi) is 5.35. The van der Waals surface area contributed by atoms with Crippen LogP contribution in [0.2, 0.25) is 5.02 Å². The van der Waals surface area contributed by atoms with Gasteiger partial charge < -0.3 is 9.64 Å². The van der Waals surface area contributed by atoms with Crippen LogP contribution in [0.15, 0.2) is 36.4 Å². The number of esters is 1. The molecular formula is C25H33ClN2O2. The minimum absolute atomic E-state index is 0.0204. The first-order valence-electron chi connectivity index (χ1n) is 11.5. The number of hydrogen-bond acceptors (Lipinski definition) is 4. The smallest absolute Gasteiger partial charge is 0.310 e. The first-order chi connectivity index (χ1) is 14.4. The molecule has 2 aliphatic heterocycles. The second-order valence-electron chi connectivity index (χ2n) is 10.2. The second kappa shape index (κ2) is 7.87. The van der Waals surface area contributed by atoms with E-state index in [1.807, 2.05) is 18.2 Å². The standard InChI is InChI=1S/C25H33ClN2O2/c1-17-5-4-8-25(2)15-23-20(14-22(17)25)21(24(29)30-23)16-27-9-11-28(12-10-27)19-7-3-6-18(26)13-19/h3,6-7,13,20-23H,1,4-5,8-12,14-16H2,2H3/t20-,21-,22+,23+,25+/m0/s1. The molecule has 2 saturated carbocycles. The molecule has 162 valence electrons. The molecule has 2 heterocycles. The molecule has 0 radical (unpaired) electrons.